The minimum Gasteiger partial charge on any atom is -0.374 e. The lowest BCUT2D eigenvalue weighted by Crippen LogP contribution is -2.19. The van der Waals surface area contributed by atoms with E-state index in [-0.39, 0.29) is 0 Å². The number of rotatable bonds is 9. The number of nitrogens with zero attached hydrogens (tertiary/aromatic N) is 1. The first-order valence-electron chi connectivity index (χ1n) is 7.01. The maximum atomic E-state index is 2.40. The second-order valence-corrected chi connectivity index (χ2v) is 4.74. The summed E-state index contributed by atoms with van der Waals surface area (Å²) in [5, 5.41) is 0. The summed E-state index contributed by atoms with van der Waals surface area (Å²) in [6, 6.07) is 0. The first-order valence-corrected chi connectivity index (χ1v) is 7.01. The van der Waals surface area contributed by atoms with Crippen molar-refractivity contribution in [1.29, 1.82) is 0 Å². The Morgan fingerprint density at radius 2 is 1.56 bits per heavy atom. The summed E-state index contributed by atoms with van der Waals surface area (Å²) < 4.78 is 0. The molecule has 0 radical (unpaired) electrons. The van der Waals surface area contributed by atoms with Crippen molar-refractivity contribution in [2.45, 2.75) is 58.3 Å². The molecule has 0 aromatic heterocycles. The zero-order chi connectivity index (χ0) is 11.5. The van der Waals surface area contributed by atoms with Crippen LogP contribution in [0.25, 0.3) is 0 Å². The van der Waals surface area contributed by atoms with E-state index in [0.29, 0.717) is 0 Å². The molecule has 1 heteroatoms. The van der Waals surface area contributed by atoms with E-state index in [1.54, 1.807) is 0 Å². The quantitative estimate of drug-likeness (QED) is 0.518. The predicted molar refractivity (Wildman–Crippen MR) is 72.5 cm³/mol. The normalized spacial score (nSPS) is 14.7. The minimum absolute atomic E-state index is 1.10. The Hall–Kier alpha value is -0.720. The fourth-order valence-corrected chi connectivity index (χ4v) is 2.12. The van der Waals surface area contributed by atoms with Gasteiger partial charge in [0.25, 0.3) is 0 Å². The molecule has 0 aliphatic carbocycles. The average Bonchev–Trinajstić information content (AvgIpc) is 2.34. The van der Waals surface area contributed by atoms with Gasteiger partial charge in [-0.1, -0.05) is 64.0 Å². The van der Waals surface area contributed by atoms with E-state index < -0.39 is 0 Å². The van der Waals surface area contributed by atoms with Crippen molar-refractivity contribution in [2.75, 3.05) is 13.1 Å². The third-order valence-corrected chi connectivity index (χ3v) is 3.18. The molecule has 0 unspecified atom stereocenters. The molecule has 16 heavy (non-hydrogen) atoms. The van der Waals surface area contributed by atoms with Crippen LogP contribution in [-0.2, 0) is 0 Å². The highest BCUT2D eigenvalue weighted by Crippen LogP contribution is 2.09. The standard InChI is InChI=1S/C15H27N/c1-2-3-4-5-6-7-8-10-13-16-14-11-9-12-15-16/h9,11-12,14H,2-8,10,13,15H2,1H3. The Balaban J connectivity index is 1.81. The molecule has 1 heterocycles. The monoisotopic (exact) mass is 221 g/mol. The Bertz CT molecular complexity index is 205. The molecule has 1 aliphatic heterocycles. The Kier molecular flexibility index (Phi) is 7.93. The van der Waals surface area contributed by atoms with Gasteiger partial charge in [0.05, 0.1) is 0 Å². The maximum Gasteiger partial charge on any atom is 0.0357 e. The molecule has 0 saturated carbocycles. The zero-order valence-corrected chi connectivity index (χ0v) is 10.8. The smallest absolute Gasteiger partial charge is 0.0357 e. The lowest BCUT2D eigenvalue weighted by molar-refractivity contribution is 0.392. The number of hydrogen-bond donors (Lipinski definition) is 0. The van der Waals surface area contributed by atoms with Gasteiger partial charge in [0.1, 0.15) is 0 Å². The Morgan fingerprint density at radius 1 is 0.875 bits per heavy atom. The second-order valence-electron chi connectivity index (χ2n) is 4.74. The molecular formula is C15H27N. The number of unbranched alkanes of at least 4 members (excludes halogenated alkanes) is 7. The van der Waals surface area contributed by atoms with Crippen LogP contribution in [0.5, 0.6) is 0 Å². The van der Waals surface area contributed by atoms with Crippen LogP contribution in [0, 0.1) is 0 Å². The number of hydrogen-bond acceptors (Lipinski definition) is 1. The molecule has 0 amide bonds. The van der Waals surface area contributed by atoms with E-state index in [0.717, 1.165) is 6.54 Å². The van der Waals surface area contributed by atoms with Crippen molar-refractivity contribution in [3.8, 4) is 0 Å². The zero-order valence-electron chi connectivity index (χ0n) is 10.8. The largest absolute Gasteiger partial charge is 0.374 e. The van der Waals surface area contributed by atoms with E-state index >= 15 is 0 Å². The van der Waals surface area contributed by atoms with Crippen LogP contribution >= 0.6 is 0 Å². The van der Waals surface area contributed by atoms with Gasteiger partial charge in [0.15, 0.2) is 0 Å². The van der Waals surface area contributed by atoms with Gasteiger partial charge >= 0.3 is 0 Å². The van der Waals surface area contributed by atoms with Gasteiger partial charge in [-0.3, -0.25) is 0 Å². The van der Waals surface area contributed by atoms with E-state index in [1.807, 2.05) is 0 Å². The minimum atomic E-state index is 1.10. The van der Waals surface area contributed by atoms with Crippen molar-refractivity contribution in [1.82, 2.24) is 4.90 Å². The van der Waals surface area contributed by atoms with Gasteiger partial charge < -0.3 is 4.90 Å². The fourth-order valence-electron chi connectivity index (χ4n) is 2.12. The topological polar surface area (TPSA) is 3.24 Å². The highest BCUT2D eigenvalue weighted by atomic mass is 15.1. The third kappa shape index (κ3) is 6.71. The molecule has 0 fully saturated rings. The van der Waals surface area contributed by atoms with Gasteiger partial charge in [-0.25, -0.2) is 0 Å². The van der Waals surface area contributed by atoms with E-state index in [2.05, 4.69) is 36.3 Å². The molecule has 1 rings (SSSR count). The van der Waals surface area contributed by atoms with Crippen LogP contribution in [0.4, 0.5) is 0 Å². The molecule has 0 saturated heterocycles. The first-order chi connectivity index (χ1) is 7.93. The van der Waals surface area contributed by atoms with Crippen LogP contribution in [-0.4, -0.2) is 18.0 Å². The van der Waals surface area contributed by atoms with Crippen molar-refractivity contribution in [2.24, 2.45) is 0 Å². The van der Waals surface area contributed by atoms with Crippen LogP contribution < -0.4 is 0 Å². The first kappa shape index (κ1) is 13.3. The lowest BCUT2D eigenvalue weighted by atomic mass is 10.1. The summed E-state index contributed by atoms with van der Waals surface area (Å²) in [5.41, 5.74) is 0. The second kappa shape index (κ2) is 9.50. The van der Waals surface area contributed by atoms with Gasteiger partial charge in [0.2, 0.25) is 0 Å². The van der Waals surface area contributed by atoms with E-state index in [9.17, 15) is 0 Å². The van der Waals surface area contributed by atoms with Crippen molar-refractivity contribution >= 4 is 0 Å². The molecule has 0 N–H and O–H groups in total. The molecule has 0 aromatic carbocycles. The molecule has 0 spiro atoms. The van der Waals surface area contributed by atoms with Gasteiger partial charge in [0, 0.05) is 13.1 Å². The lowest BCUT2D eigenvalue weighted by Gasteiger charge is -2.20. The highest BCUT2D eigenvalue weighted by Gasteiger charge is 1.98. The Labute approximate surface area is 101 Å². The maximum absolute atomic E-state index is 2.40. The summed E-state index contributed by atoms with van der Waals surface area (Å²) >= 11 is 0. The number of allylic oxidation sites excluding steroid dienone is 2. The molecule has 0 atom stereocenters. The summed E-state index contributed by atoms with van der Waals surface area (Å²) in [6.07, 6.45) is 20.0. The summed E-state index contributed by atoms with van der Waals surface area (Å²) in [5.74, 6) is 0. The van der Waals surface area contributed by atoms with Gasteiger partial charge in [-0.15, -0.1) is 0 Å². The third-order valence-electron chi connectivity index (χ3n) is 3.18. The molecule has 0 bridgehead atoms. The summed E-state index contributed by atoms with van der Waals surface area (Å²) in [7, 11) is 0. The van der Waals surface area contributed by atoms with Crippen LogP contribution in [0.15, 0.2) is 24.4 Å². The molecule has 1 aliphatic rings. The Morgan fingerprint density at radius 3 is 2.19 bits per heavy atom. The van der Waals surface area contributed by atoms with Crippen molar-refractivity contribution < 1.29 is 0 Å². The SMILES string of the molecule is CCCCCCCCCCN1C=CC=CC1. The highest BCUT2D eigenvalue weighted by molar-refractivity contribution is 5.08. The van der Waals surface area contributed by atoms with Gasteiger partial charge in [-0.05, 0) is 18.7 Å². The fraction of sp³-hybridized carbons (Fsp3) is 0.733. The van der Waals surface area contributed by atoms with Gasteiger partial charge in [-0.2, -0.15) is 0 Å². The van der Waals surface area contributed by atoms with Crippen LogP contribution in [0.1, 0.15) is 58.3 Å². The molecule has 1 nitrogen and oxygen atoms in total. The van der Waals surface area contributed by atoms with E-state index in [1.165, 1.54) is 57.9 Å². The van der Waals surface area contributed by atoms with Crippen molar-refractivity contribution in [3.05, 3.63) is 24.4 Å². The van der Waals surface area contributed by atoms with Crippen LogP contribution in [0.2, 0.25) is 0 Å². The summed E-state index contributed by atoms with van der Waals surface area (Å²) in [4.78, 5) is 2.40. The molecule has 0 aromatic rings. The van der Waals surface area contributed by atoms with Crippen LogP contribution in [0.3, 0.4) is 0 Å². The van der Waals surface area contributed by atoms with E-state index in [4.69, 9.17) is 0 Å². The average molecular weight is 221 g/mol. The molecule has 92 valence electrons. The predicted octanol–water partition coefficient (Wildman–Crippen LogP) is 4.51. The summed E-state index contributed by atoms with van der Waals surface area (Å²) in [6.45, 7) is 4.61. The molecular weight excluding hydrogens is 194 g/mol. The van der Waals surface area contributed by atoms with Crippen molar-refractivity contribution in [3.63, 3.8) is 0 Å².